The van der Waals surface area contributed by atoms with Gasteiger partial charge in [0.15, 0.2) is 5.78 Å². The van der Waals surface area contributed by atoms with Crippen molar-refractivity contribution in [2.75, 3.05) is 7.11 Å². The Morgan fingerprint density at radius 3 is 2.47 bits per heavy atom. The van der Waals surface area contributed by atoms with Crippen LogP contribution in [0.4, 0.5) is 0 Å². The van der Waals surface area contributed by atoms with E-state index in [1.54, 1.807) is 43.6 Å². The van der Waals surface area contributed by atoms with Crippen LogP contribution in [0.5, 0.6) is 17.2 Å². The molecule has 0 aliphatic rings. The number of ketones is 2. The lowest BCUT2D eigenvalue weighted by atomic mass is 9.93. The second-order valence-corrected chi connectivity index (χ2v) is 10.4. The van der Waals surface area contributed by atoms with Crippen LogP contribution in [0, 0.1) is 0 Å². The summed E-state index contributed by atoms with van der Waals surface area (Å²) in [4.78, 5) is 29.1. The number of allylic oxidation sites excluding steroid dienone is 1. The zero-order chi connectivity index (χ0) is 27.4. The van der Waals surface area contributed by atoms with Gasteiger partial charge < -0.3 is 14.0 Å². The number of hydrogen-bond donors (Lipinski definition) is 0. The van der Waals surface area contributed by atoms with Gasteiger partial charge in [-0.3, -0.25) is 14.6 Å². The number of benzene rings is 2. The molecular formula is C30H29ClN2O5. The molecule has 4 aromatic rings. The van der Waals surface area contributed by atoms with Gasteiger partial charge in [-0.15, -0.1) is 0 Å². The maximum absolute atomic E-state index is 12.7. The van der Waals surface area contributed by atoms with Gasteiger partial charge in [-0.2, -0.15) is 0 Å². The second-order valence-electron chi connectivity index (χ2n) is 10.0. The zero-order valence-corrected chi connectivity index (χ0v) is 22.6. The fraction of sp³-hybridized carbons (Fsp3) is 0.267. The number of ether oxygens (including phenoxy) is 2. The maximum Gasteiger partial charge on any atom is 0.159 e. The average molecular weight is 533 g/mol. The van der Waals surface area contributed by atoms with Crippen LogP contribution in [0.3, 0.4) is 0 Å². The van der Waals surface area contributed by atoms with Gasteiger partial charge in [0.25, 0.3) is 0 Å². The standard InChI is InChI=1S/C30H29ClN2O5/c1-6-21(34)12-19-13-24-26(17-28(19)36-5)32-10-9-27(24)37-23-8-7-18(25(31)16-23)11-22(35)14-20-15-29(38-33-20)30(2,3)4/h6-10,13,15-17H,1,11-12,14H2,2-5H3. The van der Waals surface area contributed by atoms with Crippen molar-refractivity contribution in [2.45, 2.75) is 45.4 Å². The third-order valence-electron chi connectivity index (χ3n) is 6.01. The Labute approximate surface area is 226 Å². The SMILES string of the molecule is C=CC(=O)Cc1cc2c(Oc3ccc(CC(=O)Cc4cc(C(C)(C)C)on4)c(Cl)c3)ccnc2cc1OC. The summed E-state index contributed by atoms with van der Waals surface area (Å²) in [7, 11) is 1.55. The molecule has 8 heteroatoms. The highest BCUT2D eigenvalue weighted by Crippen LogP contribution is 2.35. The molecule has 0 unspecified atom stereocenters. The summed E-state index contributed by atoms with van der Waals surface area (Å²) < 4.78 is 17.0. The van der Waals surface area contributed by atoms with E-state index in [9.17, 15) is 9.59 Å². The Kier molecular flexibility index (Phi) is 7.97. The van der Waals surface area contributed by atoms with Crippen molar-refractivity contribution in [3.8, 4) is 17.2 Å². The minimum absolute atomic E-state index is 0.0231. The Balaban J connectivity index is 1.51. The van der Waals surface area contributed by atoms with Gasteiger partial charge in [-0.25, -0.2) is 0 Å². The molecule has 0 spiro atoms. The first-order chi connectivity index (χ1) is 18.1. The first kappa shape index (κ1) is 27.1. The molecule has 7 nitrogen and oxygen atoms in total. The van der Waals surface area contributed by atoms with Gasteiger partial charge in [0.05, 0.1) is 24.7 Å². The van der Waals surface area contributed by atoms with Crippen molar-refractivity contribution in [3.63, 3.8) is 0 Å². The van der Waals surface area contributed by atoms with Gasteiger partial charge in [0.1, 0.15) is 28.8 Å². The highest BCUT2D eigenvalue weighted by molar-refractivity contribution is 6.31. The fourth-order valence-electron chi connectivity index (χ4n) is 3.96. The van der Waals surface area contributed by atoms with Crippen LogP contribution in [0.25, 0.3) is 10.9 Å². The van der Waals surface area contributed by atoms with E-state index in [0.29, 0.717) is 44.6 Å². The van der Waals surface area contributed by atoms with Crippen LogP contribution in [0.1, 0.15) is 43.4 Å². The van der Waals surface area contributed by atoms with Crippen LogP contribution < -0.4 is 9.47 Å². The van der Waals surface area contributed by atoms with Crippen LogP contribution in [-0.2, 0) is 34.3 Å². The number of aromatic nitrogens is 2. The fourth-order valence-corrected chi connectivity index (χ4v) is 4.19. The average Bonchev–Trinajstić information content (AvgIpc) is 3.34. The summed E-state index contributed by atoms with van der Waals surface area (Å²) in [5.41, 5.74) is 2.48. The van der Waals surface area contributed by atoms with Crippen molar-refractivity contribution >= 4 is 34.1 Å². The first-order valence-corrected chi connectivity index (χ1v) is 12.5. The Morgan fingerprint density at radius 2 is 1.82 bits per heavy atom. The van der Waals surface area contributed by atoms with Gasteiger partial charge in [-0.05, 0) is 35.9 Å². The van der Waals surface area contributed by atoms with E-state index < -0.39 is 0 Å². The number of fused-ring (bicyclic) bond motifs is 1. The Hall–Kier alpha value is -3.97. The number of carbonyl (C=O) groups is 2. The van der Waals surface area contributed by atoms with Crippen molar-refractivity contribution in [3.05, 3.63) is 88.9 Å². The molecule has 0 fully saturated rings. The summed E-state index contributed by atoms with van der Waals surface area (Å²) >= 11 is 6.52. The molecular weight excluding hydrogens is 504 g/mol. The van der Waals surface area contributed by atoms with Gasteiger partial charge in [0.2, 0.25) is 0 Å². The molecule has 0 aliphatic carbocycles. The molecule has 0 bridgehead atoms. The molecule has 38 heavy (non-hydrogen) atoms. The summed E-state index contributed by atoms with van der Waals surface area (Å²) in [5.74, 6) is 2.21. The summed E-state index contributed by atoms with van der Waals surface area (Å²) in [5, 5.41) is 5.16. The second kappa shape index (κ2) is 11.2. The molecule has 196 valence electrons. The zero-order valence-electron chi connectivity index (χ0n) is 21.8. The van der Waals surface area contributed by atoms with E-state index >= 15 is 0 Å². The van der Waals surface area contributed by atoms with Crippen LogP contribution in [-0.4, -0.2) is 28.8 Å². The number of pyridine rings is 1. The lowest BCUT2D eigenvalue weighted by Gasteiger charge is -2.13. The van der Waals surface area contributed by atoms with Gasteiger partial charge in [0, 0.05) is 52.6 Å². The van der Waals surface area contributed by atoms with Crippen molar-refractivity contribution in [2.24, 2.45) is 0 Å². The molecule has 2 aromatic heterocycles. The van der Waals surface area contributed by atoms with Crippen LogP contribution in [0.2, 0.25) is 5.02 Å². The summed E-state index contributed by atoms with van der Waals surface area (Å²) in [6.45, 7) is 9.62. The number of methoxy groups -OCH3 is 1. The number of rotatable bonds is 10. The molecule has 4 rings (SSSR count). The summed E-state index contributed by atoms with van der Waals surface area (Å²) in [6.07, 6.45) is 3.40. The van der Waals surface area contributed by atoms with E-state index in [-0.39, 0.29) is 36.2 Å². The van der Waals surface area contributed by atoms with Crippen molar-refractivity contribution in [1.29, 1.82) is 0 Å². The third-order valence-corrected chi connectivity index (χ3v) is 6.36. The largest absolute Gasteiger partial charge is 0.496 e. The smallest absolute Gasteiger partial charge is 0.159 e. The first-order valence-electron chi connectivity index (χ1n) is 12.1. The minimum atomic E-state index is -0.176. The molecule has 0 N–H and O–H groups in total. The minimum Gasteiger partial charge on any atom is -0.496 e. The normalized spacial score (nSPS) is 11.4. The molecule has 0 amide bonds. The highest BCUT2D eigenvalue weighted by Gasteiger charge is 2.21. The Bertz CT molecular complexity index is 1520. The Morgan fingerprint density at radius 1 is 1.03 bits per heavy atom. The quantitative estimate of drug-likeness (QED) is 0.212. The van der Waals surface area contributed by atoms with Crippen LogP contribution in [0.15, 0.2) is 65.8 Å². The predicted molar refractivity (Wildman–Crippen MR) is 146 cm³/mol. The predicted octanol–water partition coefficient (Wildman–Crippen LogP) is 6.63. The van der Waals surface area contributed by atoms with Crippen LogP contribution >= 0.6 is 11.6 Å². The molecule has 0 saturated carbocycles. The van der Waals surface area contributed by atoms with E-state index in [2.05, 4.69) is 16.7 Å². The lowest BCUT2D eigenvalue weighted by molar-refractivity contribution is -0.118. The number of nitrogens with zero attached hydrogens (tertiary/aromatic N) is 2. The molecule has 2 heterocycles. The number of halogens is 1. The van der Waals surface area contributed by atoms with E-state index in [4.69, 9.17) is 25.6 Å². The van der Waals surface area contributed by atoms with E-state index in [1.807, 2.05) is 32.9 Å². The lowest BCUT2D eigenvalue weighted by Crippen LogP contribution is -2.09. The third kappa shape index (κ3) is 6.29. The van der Waals surface area contributed by atoms with Gasteiger partial charge in [-0.1, -0.05) is 50.2 Å². The number of hydrogen-bond acceptors (Lipinski definition) is 7. The molecule has 0 saturated heterocycles. The molecule has 0 atom stereocenters. The molecule has 0 aliphatic heterocycles. The molecule has 0 radical (unpaired) electrons. The van der Waals surface area contributed by atoms with Gasteiger partial charge >= 0.3 is 0 Å². The van der Waals surface area contributed by atoms with E-state index in [1.165, 1.54) is 6.08 Å². The number of Topliss-reactive ketones (excluding diaryl/α,β-unsaturated/α-hetero) is 1. The van der Waals surface area contributed by atoms with Crippen molar-refractivity contribution in [1.82, 2.24) is 10.1 Å². The summed E-state index contributed by atoms with van der Waals surface area (Å²) in [6, 6.07) is 12.4. The molecule has 2 aromatic carbocycles. The van der Waals surface area contributed by atoms with Crippen molar-refractivity contribution < 1.29 is 23.6 Å². The van der Waals surface area contributed by atoms with E-state index in [0.717, 1.165) is 11.1 Å². The monoisotopic (exact) mass is 532 g/mol. The highest BCUT2D eigenvalue weighted by atomic mass is 35.5. The topological polar surface area (TPSA) is 91.5 Å². The maximum atomic E-state index is 12.7. The number of carbonyl (C=O) groups excluding carboxylic acids is 2.